The Morgan fingerprint density at radius 1 is 1.27 bits per heavy atom. The molecule has 4 N–H and O–H groups in total. The Hall–Kier alpha value is -1.08. The number of amides is 1. The number of halogens is 2. The molecule has 0 unspecified atom stereocenters. The fourth-order valence-electron chi connectivity index (χ4n) is 2.37. The topological polar surface area (TPSA) is 79.5 Å². The Labute approximate surface area is 150 Å². The zero-order chi connectivity index (χ0) is 15.1. The first-order valence-corrected chi connectivity index (χ1v) is 8.04. The average Bonchev–Trinajstić information content (AvgIpc) is 2.97. The van der Waals surface area contributed by atoms with E-state index in [9.17, 15) is 4.79 Å². The maximum absolute atomic E-state index is 11.9. The van der Waals surface area contributed by atoms with E-state index in [1.807, 2.05) is 12.1 Å². The zero-order valence-electron chi connectivity index (χ0n) is 12.3. The summed E-state index contributed by atoms with van der Waals surface area (Å²) in [6.07, 6.45) is 4.84. The van der Waals surface area contributed by atoms with E-state index in [0.29, 0.717) is 30.7 Å². The number of benzene rings is 1. The number of hydrogen-bond donors (Lipinski definition) is 3. The fourth-order valence-corrected chi connectivity index (χ4v) is 2.64. The molecule has 0 atom stereocenters. The van der Waals surface area contributed by atoms with Crippen molar-refractivity contribution < 1.29 is 4.79 Å². The summed E-state index contributed by atoms with van der Waals surface area (Å²) in [5, 5.41) is 6.04. The largest absolute Gasteiger partial charge is 0.370 e. The molecule has 7 heteroatoms. The van der Waals surface area contributed by atoms with Crippen molar-refractivity contribution in [3.05, 3.63) is 34.3 Å². The van der Waals surface area contributed by atoms with E-state index >= 15 is 0 Å². The van der Waals surface area contributed by atoms with Gasteiger partial charge in [-0.25, -0.2) is 0 Å². The number of nitrogens with two attached hydrogens (primary N) is 1. The van der Waals surface area contributed by atoms with Gasteiger partial charge in [-0.15, -0.1) is 17.0 Å². The Balaban J connectivity index is 0.00000242. The smallest absolute Gasteiger partial charge is 0.251 e. The molecule has 0 spiro atoms. The normalized spacial score (nSPS) is 15.2. The lowest BCUT2D eigenvalue weighted by Crippen LogP contribution is -2.39. The Morgan fingerprint density at radius 3 is 2.55 bits per heavy atom. The molecule has 1 amide bonds. The second-order valence-corrected chi connectivity index (χ2v) is 6.07. The van der Waals surface area contributed by atoms with Crippen molar-refractivity contribution >= 4 is 44.8 Å². The van der Waals surface area contributed by atoms with Crippen LogP contribution in [0, 0.1) is 0 Å². The number of rotatable bonds is 5. The van der Waals surface area contributed by atoms with Crippen molar-refractivity contribution in [1.82, 2.24) is 10.6 Å². The third-order valence-corrected chi connectivity index (χ3v) is 4.02. The molecule has 0 bridgehead atoms. The van der Waals surface area contributed by atoms with Gasteiger partial charge >= 0.3 is 0 Å². The summed E-state index contributed by atoms with van der Waals surface area (Å²) in [4.78, 5) is 16.1. The van der Waals surface area contributed by atoms with Gasteiger partial charge < -0.3 is 16.4 Å². The maximum Gasteiger partial charge on any atom is 0.251 e. The molecule has 22 heavy (non-hydrogen) atoms. The molecule has 0 radical (unpaired) electrons. The lowest BCUT2D eigenvalue weighted by Gasteiger charge is -2.12. The van der Waals surface area contributed by atoms with E-state index in [4.69, 9.17) is 5.73 Å². The van der Waals surface area contributed by atoms with E-state index in [-0.39, 0.29) is 22.9 Å². The highest BCUT2D eigenvalue weighted by Gasteiger charge is 2.14. The number of carbonyl (C=O) groups excluding carboxylic acids is 1. The molecule has 0 saturated heterocycles. The zero-order valence-corrected chi connectivity index (χ0v) is 15.6. The third-order valence-electron chi connectivity index (χ3n) is 3.49. The Morgan fingerprint density at radius 2 is 1.91 bits per heavy atom. The highest BCUT2D eigenvalue weighted by molar-refractivity contribution is 9.10. The Bertz CT molecular complexity index is 499. The minimum absolute atomic E-state index is 0. The van der Waals surface area contributed by atoms with E-state index in [2.05, 4.69) is 31.6 Å². The van der Waals surface area contributed by atoms with Crippen LogP contribution in [0.1, 0.15) is 36.0 Å². The highest BCUT2D eigenvalue weighted by Crippen LogP contribution is 2.17. The van der Waals surface area contributed by atoms with E-state index in [0.717, 1.165) is 17.3 Å². The summed E-state index contributed by atoms with van der Waals surface area (Å²) >= 11 is 3.34. The molecule has 1 aromatic carbocycles. The monoisotopic (exact) mass is 432 g/mol. The van der Waals surface area contributed by atoms with Crippen molar-refractivity contribution in [1.29, 1.82) is 0 Å². The highest BCUT2D eigenvalue weighted by atomic mass is 79.9. The van der Waals surface area contributed by atoms with Gasteiger partial charge in [-0.3, -0.25) is 9.79 Å². The number of nitrogens with one attached hydrogen (secondary N) is 2. The maximum atomic E-state index is 11.9. The van der Waals surface area contributed by atoms with E-state index in [1.165, 1.54) is 12.8 Å². The second-order valence-electron chi connectivity index (χ2n) is 5.16. The number of aliphatic imine (C=N–C) groups is 1. The van der Waals surface area contributed by atoms with Crippen LogP contribution in [0.4, 0.5) is 0 Å². The van der Waals surface area contributed by atoms with Gasteiger partial charge in [-0.05, 0) is 37.1 Å². The van der Waals surface area contributed by atoms with Crippen LogP contribution in [0.3, 0.4) is 0 Å². The summed E-state index contributed by atoms with van der Waals surface area (Å²) < 4.78 is 0.953. The summed E-state index contributed by atoms with van der Waals surface area (Å²) in [5.41, 5.74) is 6.46. The molecule has 1 aliphatic carbocycles. The predicted octanol–water partition coefficient (Wildman–Crippen LogP) is 2.60. The van der Waals surface area contributed by atoms with Crippen molar-refractivity contribution in [2.75, 3.05) is 13.1 Å². The summed E-state index contributed by atoms with van der Waals surface area (Å²) in [6, 6.07) is 7.70. The minimum atomic E-state index is -0.0972. The summed E-state index contributed by atoms with van der Waals surface area (Å²) in [5.74, 6) is 0.375. The first-order chi connectivity index (χ1) is 10.1. The van der Waals surface area contributed by atoms with Gasteiger partial charge in [0.2, 0.25) is 0 Å². The van der Waals surface area contributed by atoms with Gasteiger partial charge in [0.15, 0.2) is 5.96 Å². The van der Waals surface area contributed by atoms with Gasteiger partial charge in [0.25, 0.3) is 5.91 Å². The second kappa shape index (κ2) is 9.84. The Kier molecular flexibility index (Phi) is 8.48. The average molecular weight is 434 g/mol. The minimum Gasteiger partial charge on any atom is -0.370 e. The molecule has 0 aromatic heterocycles. The van der Waals surface area contributed by atoms with Crippen LogP contribution in [-0.2, 0) is 0 Å². The summed E-state index contributed by atoms with van der Waals surface area (Å²) in [7, 11) is 0. The predicted molar refractivity (Wildman–Crippen MR) is 98.7 cm³/mol. The molecule has 1 aliphatic rings. The molecule has 1 aromatic rings. The molecule has 122 valence electrons. The molecule has 1 saturated carbocycles. The number of carbonyl (C=O) groups is 1. The van der Waals surface area contributed by atoms with Crippen LogP contribution >= 0.6 is 32.9 Å². The first kappa shape index (κ1) is 19.0. The van der Waals surface area contributed by atoms with Crippen molar-refractivity contribution in [3.8, 4) is 0 Å². The first-order valence-electron chi connectivity index (χ1n) is 7.25. The van der Waals surface area contributed by atoms with Gasteiger partial charge in [-0.2, -0.15) is 0 Å². The number of guanidine groups is 1. The molecular formula is C15H22Br2N4O. The van der Waals surface area contributed by atoms with Crippen molar-refractivity contribution in [2.24, 2.45) is 10.7 Å². The third kappa shape index (κ3) is 6.36. The van der Waals surface area contributed by atoms with Gasteiger partial charge in [-0.1, -0.05) is 28.8 Å². The molecular weight excluding hydrogens is 412 g/mol. The number of nitrogens with zero attached hydrogens (tertiary/aromatic N) is 1. The molecule has 0 aliphatic heterocycles. The van der Waals surface area contributed by atoms with Gasteiger partial charge in [0.05, 0.1) is 6.54 Å². The van der Waals surface area contributed by atoms with Crippen LogP contribution in [0.2, 0.25) is 0 Å². The van der Waals surface area contributed by atoms with Crippen LogP contribution in [0.15, 0.2) is 33.7 Å². The lowest BCUT2D eigenvalue weighted by molar-refractivity contribution is 0.0955. The van der Waals surface area contributed by atoms with E-state index < -0.39 is 0 Å². The quantitative estimate of drug-likeness (QED) is 0.379. The summed E-state index contributed by atoms with van der Waals surface area (Å²) in [6.45, 7) is 0.954. The number of hydrogen-bond acceptors (Lipinski definition) is 2. The molecule has 2 rings (SSSR count). The lowest BCUT2D eigenvalue weighted by atomic mass is 10.2. The fraction of sp³-hybridized carbons (Fsp3) is 0.467. The molecule has 0 heterocycles. The van der Waals surface area contributed by atoms with Crippen LogP contribution < -0.4 is 16.4 Å². The van der Waals surface area contributed by atoms with Crippen LogP contribution in [-0.4, -0.2) is 31.0 Å². The van der Waals surface area contributed by atoms with Crippen molar-refractivity contribution in [2.45, 2.75) is 31.7 Å². The van der Waals surface area contributed by atoms with E-state index in [1.54, 1.807) is 12.1 Å². The molecule has 5 nitrogen and oxygen atoms in total. The van der Waals surface area contributed by atoms with Crippen LogP contribution in [0.5, 0.6) is 0 Å². The van der Waals surface area contributed by atoms with Crippen LogP contribution in [0.25, 0.3) is 0 Å². The van der Waals surface area contributed by atoms with Gasteiger partial charge in [0, 0.05) is 22.6 Å². The SMILES string of the molecule is Br.NC(=NCCNC(=O)c1ccc(Br)cc1)NC1CCCC1. The standard InChI is InChI=1S/C15H21BrN4O.BrH/c16-12-7-5-11(6-8-12)14(21)18-9-10-19-15(17)20-13-3-1-2-4-13;/h5-8,13H,1-4,9-10H2,(H,18,21)(H3,17,19,20);1H. The molecule has 1 fully saturated rings. The van der Waals surface area contributed by atoms with Crippen molar-refractivity contribution in [3.63, 3.8) is 0 Å². The van der Waals surface area contributed by atoms with Gasteiger partial charge in [0.1, 0.15) is 0 Å².